The molecule has 1 aromatic carbocycles. The first-order valence-electron chi connectivity index (χ1n) is 4.67. The Bertz CT molecular complexity index is 686. The Morgan fingerprint density at radius 2 is 2.25 bits per heavy atom. The fourth-order valence-corrected chi connectivity index (χ4v) is 1.54. The van der Waals surface area contributed by atoms with Crippen molar-refractivity contribution in [1.29, 1.82) is 0 Å². The average molecular weight is 213 g/mol. The lowest BCUT2D eigenvalue weighted by molar-refractivity contribution is 0.880. The van der Waals surface area contributed by atoms with Crippen molar-refractivity contribution in [2.75, 3.05) is 0 Å². The molecule has 6 nitrogen and oxygen atoms in total. The number of nitrogens with zero attached hydrogens (tertiary/aromatic N) is 4. The third-order valence-corrected chi connectivity index (χ3v) is 2.31. The Balaban J connectivity index is 2.31. The van der Waals surface area contributed by atoms with Crippen molar-refractivity contribution in [3.8, 4) is 5.69 Å². The Hall–Kier alpha value is -2.50. The van der Waals surface area contributed by atoms with Gasteiger partial charge in [0.1, 0.15) is 12.7 Å². The van der Waals surface area contributed by atoms with Crippen molar-refractivity contribution >= 4 is 10.9 Å². The molecule has 0 amide bonds. The van der Waals surface area contributed by atoms with Crippen LogP contribution >= 0.6 is 0 Å². The molecular weight excluding hydrogens is 206 g/mol. The zero-order valence-electron chi connectivity index (χ0n) is 8.16. The highest BCUT2D eigenvalue weighted by Gasteiger charge is 2.02. The lowest BCUT2D eigenvalue weighted by atomic mass is 10.2. The molecule has 0 aliphatic rings. The summed E-state index contributed by atoms with van der Waals surface area (Å²) in [5.41, 5.74) is 1.28. The van der Waals surface area contributed by atoms with Crippen molar-refractivity contribution in [1.82, 2.24) is 24.7 Å². The van der Waals surface area contributed by atoms with Gasteiger partial charge in [0, 0.05) is 0 Å². The number of hydrogen-bond acceptors (Lipinski definition) is 4. The van der Waals surface area contributed by atoms with Gasteiger partial charge < -0.3 is 4.98 Å². The molecular formula is C10H7N5O. The summed E-state index contributed by atoms with van der Waals surface area (Å²) in [6.07, 6.45) is 4.41. The molecule has 0 spiro atoms. The predicted molar refractivity (Wildman–Crippen MR) is 57.3 cm³/mol. The van der Waals surface area contributed by atoms with E-state index in [9.17, 15) is 4.79 Å². The van der Waals surface area contributed by atoms with Crippen molar-refractivity contribution < 1.29 is 0 Å². The quantitative estimate of drug-likeness (QED) is 0.638. The van der Waals surface area contributed by atoms with Crippen LogP contribution in [0.3, 0.4) is 0 Å². The van der Waals surface area contributed by atoms with Gasteiger partial charge in [-0.15, -0.1) is 0 Å². The lowest BCUT2D eigenvalue weighted by Gasteiger charge is -2.01. The standard InChI is InChI=1S/C10H7N5O/c16-10-8-3-7(15-6-11-4-14-15)1-2-9(8)12-5-13-10/h1-6H,(H,12,13,16). The lowest BCUT2D eigenvalue weighted by Crippen LogP contribution is -2.07. The summed E-state index contributed by atoms with van der Waals surface area (Å²) in [4.78, 5) is 22.0. The molecule has 0 radical (unpaired) electrons. The minimum absolute atomic E-state index is 0.160. The predicted octanol–water partition coefficient (Wildman–Crippen LogP) is 0.504. The number of fused-ring (bicyclic) bond motifs is 1. The van der Waals surface area contributed by atoms with Gasteiger partial charge in [0.05, 0.1) is 22.9 Å². The van der Waals surface area contributed by atoms with Gasteiger partial charge in [-0.3, -0.25) is 4.79 Å². The van der Waals surface area contributed by atoms with E-state index in [0.29, 0.717) is 10.9 Å². The van der Waals surface area contributed by atoms with Crippen molar-refractivity contribution in [2.45, 2.75) is 0 Å². The molecule has 78 valence electrons. The monoisotopic (exact) mass is 213 g/mol. The van der Waals surface area contributed by atoms with Crippen LogP contribution in [0.4, 0.5) is 0 Å². The van der Waals surface area contributed by atoms with E-state index in [0.717, 1.165) is 5.69 Å². The van der Waals surface area contributed by atoms with Gasteiger partial charge in [0.15, 0.2) is 0 Å². The number of aromatic nitrogens is 5. The summed E-state index contributed by atoms with van der Waals surface area (Å²) >= 11 is 0. The average Bonchev–Trinajstić information content (AvgIpc) is 2.83. The van der Waals surface area contributed by atoms with Gasteiger partial charge in [-0.2, -0.15) is 5.10 Å². The molecule has 2 heterocycles. The van der Waals surface area contributed by atoms with Crippen LogP contribution in [0, 0.1) is 0 Å². The second-order valence-electron chi connectivity index (χ2n) is 3.27. The third-order valence-electron chi connectivity index (χ3n) is 2.31. The molecule has 0 aliphatic carbocycles. The molecule has 0 unspecified atom stereocenters. The van der Waals surface area contributed by atoms with Gasteiger partial charge in [0.2, 0.25) is 0 Å². The highest BCUT2D eigenvalue weighted by Crippen LogP contribution is 2.11. The molecule has 2 aromatic heterocycles. The molecule has 0 atom stereocenters. The van der Waals surface area contributed by atoms with Crippen molar-refractivity contribution in [3.05, 3.63) is 47.5 Å². The van der Waals surface area contributed by atoms with Gasteiger partial charge in [0.25, 0.3) is 5.56 Å². The summed E-state index contributed by atoms with van der Waals surface area (Å²) in [6, 6.07) is 5.35. The molecule has 0 fully saturated rings. The number of hydrogen-bond donors (Lipinski definition) is 1. The Labute approximate surface area is 89.6 Å². The molecule has 16 heavy (non-hydrogen) atoms. The van der Waals surface area contributed by atoms with Crippen LogP contribution in [0.15, 0.2) is 42.0 Å². The van der Waals surface area contributed by atoms with Crippen LogP contribution in [-0.4, -0.2) is 24.7 Å². The van der Waals surface area contributed by atoms with E-state index in [1.165, 1.54) is 12.7 Å². The molecule has 1 N–H and O–H groups in total. The fourth-order valence-electron chi connectivity index (χ4n) is 1.54. The second-order valence-corrected chi connectivity index (χ2v) is 3.27. The number of H-pyrrole nitrogens is 1. The number of aromatic amines is 1. The molecule has 6 heteroatoms. The van der Waals surface area contributed by atoms with E-state index in [1.54, 1.807) is 23.1 Å². The largest absolute Gasteiger partial charge is 0.313 e. The van der Waals surface area contributed by atoms with Gasteiger partial charge in [-0.1, -0.05) is 0 Å². The molecule has 3 aromatic rings. The van der Waals surface area contributed by atoms with Crippen LogP contribution in [0.1, 0.15) is 0 Å². The van der Waals surface area contributed by atoms with Gasteiger partial charge in [-0.05, 0) is 18.2 Å². The minimum atomic E-state index is -0.160. The summed E-state index contributed by atoms with van der Waals surface area (Å²) in [7, 11) is 0. The van der Waals surface area contributed by atoms with E-state index in [4.69, 9.17) is 0 Å². The molecule has 0 bridgehead atoms. The topological polar surface area (TPSA) is 76.5 Å². The maximum absolute atomic E-state index is 11.6. The number of nitrogens with one attached hydrogen (secondary N) is 1. The summed E-state index contributed by atoms with van der Waals surface area (Å²) in [6.45, 7) is 0. The maximum atomic E-state index is 11.6. The van der Waals surface area contributed by atoms with Crippen LogP contribution in [-0.2, 0) is 0 Å². The molecule has 0 saturated heterocycles. The zero-order valence-corrected chi connectivity index (χ0v) is 8.16. The number of benzene rings is 1. The van der Waals surface area contributed by atoms with Crippen molar-refractivity contribution in [3.63, 3.8) is 0 Å². The van der Waals surface area contributed by atoms with E-state index >= 15 is 0 Å². The second kappa shape index (κ2) is 3.27. The normalized spacial score (nSPS) is 10.8. The van der Waals surface area contributed by atoms with Gasteiger partial charge >= 0.3 is 0 Å². The smallest absolute Gasteiger partial charge is 0.258 e. The minimum Gasteiger partial charge on any atom is -0.313 e. The first-order chi connectivity index (χ1) is 7.84. The van der Waals surface area contributed by atoms with E-state index < -0.39 is 0 Å². The first kappa shape index (κ1) is 8.78. The Morgan fingerprint density at radius 1 is 1.31 bits per heavy atom. The summed E-state index contributed by atoms with van der Waals surface area (Å²) in [5, 5.41) is 4.53. The number of rotatable bonds is 1. The van der Waals surface area contributed by atoms with E-state index in [1.807, 2.05) is 6.07 Å². The van der Waals surface area contributed by atoms with Gasteiger partial charge in [-0.25, -0.2) is 14.6 Å². The van der Waals surface area contributed by atoms with Crippen LogP contribution in [0.2, 0.25) is 0 Å². The van der Waals surface area contributed by atoms with Crippen molar-refractivity contribution in [2.24, 2.45) is 0 Å². The van der Waals surface area contributed by atoms with E-state index in [-0.39, 0.29) is 5.56 Å². The summed E-state index contributed by atoms with van der Waals surface area (Å²) in [5.74, 6) is 0. The highest BCUT2D eigenvalue weighted by atomic mass is 16.1. The van der Waals surface area contributed by atoms with Crippen LogP contribution in [0.5, 0.6) is 0 Å². The zero-order chi connectivity index (χ0) is 11.0. The third kappa shape index (κ3) is 1.28. The molecule has 3 rings (SSSR count). The van der Waals surface area contributed by atoms with Crippen LogP contribution < -0.4 is 5.56 Å². The van der Waals surface area contributed by atoms with Crippen LogP contribution in [0.25, 0.3) is 16.6 Å². The maximum Gasteiger partial charge on any atom is 0.258 e. The molecule has 0 aliphatic heterocycles. The SMILES string of the molecule is O=c1[nH]cnc2ccc(-n3cncn3)cc12. The van der Waals surface area contributed by atoms with E-state index in [2.05, 4.69) is 20.1 Å². The molecule has 0 saturated carbocycles. The first-order valence-corrected chi connectivity index (χ1v) is 4.67. The Morgan fingerprint density at radius 3 is 3.06 bits per heavy atom. The highest BCUT2D eigenvalue weighted by molar-refractivity contribution is 5.79. The fraction of sp³-hybridized carbons (Fsp3) is 0. The Kier molecular flexibility index (Phi) is 1.79. The summed E-state index contributed by atoms with van der Waals surface area (Å²) < 4.78 is 1.59.